The number of rotatable bonds is 4. The number of anilines is 1. The van der Waals surface area contributed by atoms with Gasteiger partial charge in [-0.05, 0) is 24.9 Å². The van der Waals surface area contributed by atoms with Crippen LogP contribution in [0.2, 0.25) is 0 Å². The number of nitro benzene ring substituents is 1. The van der Waals surface area contributed by atoms with Crippen molar-refractivity contribution in [1.29, 1.82) is 0 Å². The molecule has 0 aliphatic carbocycles. The van der Waals surface area contributed by atoms with Gasteiger partial charge in [-0.2, -0.15) is 0 Å². The molecular weight excluding hydrogens is 261 g/mol. The molecule has 1 aliphatic rings. The van der Waals surface area contributed by atoms with Crippen molar-refractivity contribution >= 4 is 11.4 Å². The van der Waals surface area contributed by atoms with E-state index in [1.165, 1.54) is 18.2 Å². The zero-order valence-electron chi connectivity index (χ0n) is 11.8. The molecule has 1 heterocycles. The second kappa shape index (κ2) is 6.17. The molecule has 1 aliphatic heterocycles. The SMILES string of the molecule is CCNC1CN(c2c(F)cccc2[N+](=O)[O-])CCC1C. The standard InChI is InChI=1S/C14H20FN3O2/c1-3-16-12-9-17(8-7-10(12)2)14-11(15)5-4-6-13(14)18(19)20/h4-6,10,12,16H,3,7-9H2,1-2H3. The third kappa shape index (κ3) is 2.90. The maximum atomic E-state index is 14.0. The number of hydrogen-bond acceptors (Lipinski definition) is 4. The van der Waals surface area contributed by atoms with Crippen molar-refractivity contribution in [3.8, 4) is 0 Å². The number of nitrogens with zero attached hydrogens (tertiary/aromatic N) is 2. The Bertz CT molecular complexity index is 495. The first-order valence-corrected chi connectivity index (χ1v) is 6.95. The van der Waals surface area contributed by atoms with Crippen LogP contribution in [-0.4, -0.2) is 30.6 Å². The van der Waals surface area contributed by atoms with E-state index in [9.17, 15) is 14.5 Å². The zero-order chi connectivity index (χ0) is 14.7. The number of piperidine rings is 1. The highest BCUT2D eigenvalue weighted by atomic mass is 19.1. The second-order valence-electron chi connectivity index (χ2n) is 5.24. The van der Waals surface area contributed by atoms with Crippen LogP contribution < -0.4 is 10.2 Å². The number of benzene rings is 1. The molecular formula is C14H20FN3O2. The molecule has 2 unspecified atom stereocenters. The minimum absolute atomic E-state index is 0.118. The van der Waals surface area contributed by atoms with E-state index in [4.69, 9.17) is 0 Å². The third-order valence-corrected chi connectivity index (χ3v) is 3.90. The predicted molar refractivity (Wildman–Crippen MR) is 76.5 cm³/mol. The molecule has 1 aromatic rings. The van der Waals surface area contributed by atoms with Crippen molar-refractivity contribution in [2.45, 2.75) is 26.3 Å². The lowest BCUT2D eigenvalue weighted by atomic mass is 9.93. The van der Waals surface area contributed by atoms with E-state index in [1.54, 1.807) is 4.90 Å². The van der Waals surface area contributed by atoms with E-state index < -0.39 is 10.7 Å². The lowest BCUT2D eigenvalue weighted by Gasteiger charge is -2.38. The maximum Gasteiger partial charge on any atom is 0.295 e. The van der Waals surface area contributed by atoms with Gasteiger partial charge >= 0.3 is 0 Å². The van der Waals surface area contributed by atoms with E-state index in [0.717, 1.165) is 13.0 Å². The summed E-state index contributed by atoms with van der Waals surface area (Å²) < 4.78 is 14.0. The molecule has 0 saturated carbocycles. The van der Waals surface area contributed by atoms with Crippen LogP contribution in [0.5, 0.6) is 0 Å². The van der Waals surface area contributed by atoms with Crippen LogP contribution in [0.3, 0.4) is 0 Å². The zero-order valence-corrected chi connectivity index (χ0v) is 11.8. The van der Waals surface area contributed by atoms with Crippen molar-refractivity contribution in [2.75, 3.05) is 24.5 Å². The van der Waals surface area contributed by atoms with Gasteiger partial charge in [0.1, 0.15) is 0 Å². The summed E-state index contributed by atoms with van der Waals surface area (Å²) in [6, 6.07) is 4.25. The highest BCUT2D eigenvalue weighted by molar-refractivity contribution is 5.64. The minimum atomic E-state index is -0.524. The fraction of sp³-hybridized carbons (Fsp3) is 0.571. The molecule has 0 bridgehead atoms. The van der Waals surface area contributed by atoms with Crippen molar-refractivity contribution in [3.63, 3.8) is 0 Å². The van der Waals surface area contributed by atoms with Gasteiger partial charge in [0.05, 0.1) is 4.92 Å². The van der Waals surface area contributed by atoms with Crippen molar-refractivity contribution in [3.05, 3.63) is 34.1 Å². The van der Waals surface area contributed by atoms with Crippen molar-refractivity contribution in [2.24, 2.45) is 5.92 Å². The largest absolute Gasteiger partial charge is 0.362 e. The van der Waals surface area contributed by atoms with Gasteiger partial charge in [-0.3, -0.25) is 10.1 Å². The van der Waals surface area contributed by atoms with Crippen LogP contribution in [-0.2, 0) is 0 Å². The summed E-state index contributed by atoms with van der Waals surface area (Å²) in [6.45, 7) is 6.25. The maximum absolute atomic E-state index is 14.0. The summed E-state index contributed by atoms with van der Waals surface area (Å²) in [4.78, 5) is 12.4. The Labute approximate surface area is 117 Å². The average Bonchev–Trinajstić information content (AvgIpc) is 2.41. The van der Waals surface area contributed by atoms with Crippen LogP contribution in [0.4, 0.5) is 15.8 Å². The Hall–Kier alpha value is -1.69. The summed E-state index contributed by atoms with van der Waals surface area (Å²) in [6.07, 6.45) is 0.892. The Kier molecular flexibility index (Phi) is 4.54. The first-order chi connectivity index (χ1) is 9.54. The van der Waals surface area contributed by atoms with E-state index in [1.807, 2.05) is 6.92 Å². The highest BCUT2D eigenvalue weighted by Crippen LogP contribution is 2.33. The molecule has 1 N–H and O–H groups in total. The number of likely N-dealkylation sites (N-methyl/N-ethyl adjacent to an activating group) is 1. The fourth-order valence-electron chi connectivity index (χ4n) is 2.76. The fourth-order valence-corrected chi connectivity index (χ4v) is 2.76. The van der Waals surface area contributed by atoms with Crippen LogP contribution in [0.15, 0.2) is 18.2 Å². The predicted octanol–water partition coefficient (Wildman–Crippen LogP) is 2.56. The molecule has 1 saturated heterocycles. The van der Waals surface area contributed by atoms with Gasteiger partial charge in [0.25, 0.3) is 5.69 Å². The second-order valence-corrected chi connectivity index (χ2v) is 5.24. The molecule has 0 amide bonds. The summed E-state index contributed by atoms with van der Waals surface area (Å²) >= 11 is 0. The smallest absolute Gasteiger partial charge is 0.295 e. The first-order valence-electron chi connectivity index (χ1n) is 6.95. The summed E-state index contributed by atoms with van der Waals surface area (Å²) in [7, 11) is 0. The van der Waals surface area contributed by atoms with Crippen molar-refractivity contribution < 1.29 is 9.31 Å². The van der Waals surface area contributed by atoms with Crippen LogP contribution in [0.1, 0.15) is 20.3 Å². The monoisotopic (exact) mass is 281 g/mol. The Balaban J connectivity index is 2.29. The Morgan fingerprint density at radius 1 is 1.55 bits per heavy atom. The van der Waals surface area contributed by atoms with Gasteiger partial charge in [-0.15, -0.1) is 0 Å². The summed E-state index contributed by atoms with van der Waals surface area (Å²) in [5.74, 6) is -0.0407. The van der Waals surface area contributed by atoms with Gasteiger partial charge in [0.2, 0.25) is 0 Å². The molecule has 6 heteroatoms. The topological polar surface area (TPSA) is 58.4 Å². The van der Waals surface area contributed by atoms with Crippen molar-refractivity contribution in [1.82, 2.24) is 5.32 Å². The highest BCUT2D eigenvalue weighted by Gasteiger charge is 2.31. The third-order valence-electron chi connectivity index (χ3n) is 3.90. The molecule has 2 atom stereocenters. The van der Waals surface area contributed by atoms with Gasteiger partial charge in [0.15, 0.2) is 11.5 Å². The van der Waals surface area contributed by atoms with Crippen LogP contribution >= 0.6 is 0 Å². The van der Waals surface area contributed by atoms with E-state index >= 15 is 0 Å². The Morgan fingerprint density at radius 2 is 2.30 bits per heavy atom. The first kappa shape index (κ1) is 14.7. The molecule has 0 aromatic heterocycles. The number of para-hydroxylation sites is 1. The number of hydrogen-bond donors (Lipinski definition) is 1. The van der Waals surface area contributed by atoms with Gasteiger partial charge < -0.3 is 10.2 Å². The van der Waals surface area contributed by atoms with Crippen LogP contribution in [0, 0.1) is 21.8 Å². The molecule has 2 rings (SSSR count). The minimum Gasteiger partial charge on any atom is -0.362 e. The molecule has 1 fully saturated rings. The molecule has 5 nitrogen and oxygen atoms in total. The number of halogens is 1. The lowest BCUT2D eigenvalue weighted by Crippen LogP contribution is -2.50. The van der Waals surface area contributed by atoms with Crippen LogP contribution in [0.25, 0.3) is 0 Å². The summed E-state index contributed by atoms with van der Waals surface area (Å²) in [5.41, 5.74) is -0.0397. The summed E-state index contributed by atoms with van der Waals surface area (Å²) in [5, 5.41) is 14.5. The quantitative estimate of drug-likeness (QED) is 0.680. The lowest BCUT2D eigenvalue weighted by molar-refractivity contribution is -0.384. The number of nitro groups is 1. The molecule has 0 radical (unpaired) electrons. The van der Waals surface area contributed by atoms with E-state index in [2.05, 4.69) is 12.2 Å². The van der Waals surface area contributed by atoms with E-state index in [-0.39, 0.29) is 17.4 Å². The molecule has 110 valence electrons. The molecule has 20 heavy (non-hydrogen) atoms. The van der Waals surface area contributed by atoms with Gasteiger partial charge in [-0.25, -0.2) is 4.39 Å². The molecule has 1 aromatic carbocycles. The molecule has 0 spiro atoms. The normalized spacial score (nSPS) is 22.9. The van der Waals surface area contributed by atoms with Gasteiger partial charge in [0, 0.05) is 25.2 Å². The average molecular weight is 281 g/mol. The number of nitrogens with one attached hydrogen (secondary N) is 1. The Morgan fingerprint density at radius 3 is 2.95 bits per heavy atom. The van der Waals surface area contributed by atoms with Gasteiger partial charge in [-0.1, -0.05) is 19.9 Å². The van der Waals surface area contributed by atoms with E-state index in [0.29, 0.717) is 19.0 Å².